The maximum absolute atomic E-state index is 11.8. The highest BCUT2D eigenvalue weighted by Gasteiger charge is 2.35. The highest BCUT2D eigenvalue weighted by molar-refractivity contribution is 6.65. The first-order chi connectivity index (χ1) is 8.59. The second-order valence-electron chi connectivity index (χ2n) is 3.92. The summed E-state index contributed by atoms with van der Waals surface area (Å²) in [7, 11) is 0. The summed E-state index contributed by atoms with van der Waals surface area (Å²) in [5.74, 6) is -1.56. The van der Waals surface area contributed by atoms with Gasteiger partial charge in [-0.25, -0.2) is 0 Å². The van der Waals surface area contributed by atoms with Gasteiger partial charge in [-0.3, -0.25) is 19.3 Å². The number of hydrogen-bond donors (Lipinski definition) is 0. The Labute approximate surface area is 109 Å². The summed E-state index contributed by atoms with van der Waals surface area (Å²) in [4.78, 5) is 36.5. The van der Waals surface area contributed by atoms with E-state index in [4.69, 9.17) is 11.6 Å². The molecule has 1 heterocycles. The van der Waals surface area contributed by atoms with E-state index in [9.17, 15) is 14.4 Å². The van der Waals surface area contributed by atoms with Crippen molar-refractivity contribution < 1.29 is 14.4 Å². The fraction of sp³-hybridized carbons (Fsp3) is 0.250. The predicted molar refractivity (Wildman–Crippen MR) is 64.8 cm³/mol. The van der Waals surface area contributed by atoms with Crippen molar-refractivity contribution >= 4 is 28.8 Å². The van der Waals surface area contributed by atoms with E-state index in [-0.39, 0.29) is 6.54 Å². The van der Waals surface area contributed by atoms with Crippen LogP contribution in [-0.2, 0) is 16.1 Å². The molecule has 1 aliphatic heterocycles. The third kappa shape index (κ3) is 2.51. The largest absolute Gasteiger partial charge is 0.328 e. The van der Waals surface area contributed by atoms with Gasteiger partial charge in [-0.05, 0) is 17.2 Å². The van der Waals surface area contributed by atoms with Crippen LogP contribution in [0.2, 0.25) is 0 Å². The molecule has 18 heavy (non-hydrogen) atoms. The van der Waals surface area contributed by atoms with Crippen LogP contribution < -0.4 is 0 Å². The number of nitrogens with zero attached hydrogens (tertiary/aromatic N) is 2. The summed E-state index contributed by atoms with van der Waals surface area (Å²) >= 11 is 5.22. The normalized spacial score (nSPS) is 16.1. The Balaban J connectivity index is 2.07. The quantitative estimate of drug-likeness (QED) is 0.459. The lowest BCUT2D eigenvalue weighted by Crippen LogP contribution is -2.54. The molecule has 0 N–H and O–H groups in total. The van der Waals surface area contributed by atoms with Crippen molar-refractivity contribution in [1.82, 2.24) is 9.80 Å². The molecule has 2 rings (SSSR count). The Morgan fingerprint density at radius 2 is 1.78 bits per heavy atom. The van der Waals surface area contributed by atoms with E-state index >= 15 is 0 Å². The minimum absolute atomic E-state index is 0.139. The van der Waals surface area contributed by atoms with Crippen LogP contribution in [0.4, 0.5) is 4.79 Å². The fourth-order valence-corrected chi connectivity index (χ4v) is 1.96. The first-order valence-corrected chi connectivity index (χ1v) is 5.81. The minimum Gasteiger partial charge on any atom is -0.328 e. The molecule has 0 radical (unpaired) electrons. The molecule has 5 nitrogen and oxygen atoms in total. The molecule has 0 aromatic heterocycles. The lowest BCUT2D eigenvalue weighted by Gasteiger charge is -2.31. The van der Waals surface area contributed by atoms with Gasteiger partial charge in [0.25, 0.3) is 0 Å². The average Bonchev–Trinajstić information content (AvgIpc) is 2.36. The predicted octanol–water partition coefficient (Wildman–Crippen LogP) is 1.22. The van der Waals surface area contributed by atoms with Crippen LogP contribution >= 0.6 is 11.6 Å². The average molecular weight is 267 g/mol. The molecule has 1 fully saturated rings. The molecule has 0 saturated carbocycles. The standard InChI is InChI=1S/C12H11ClN2O3/c13-12(18)15-7-6-14(10(16)11(15)17)8-9-4-2-1-3-5-9/h1-5H,6-8H2. The van der Waals surface area contributed by atoms with Gasteiger partial charge in [0.05, 0.1) is 0 Å². The van der Waals surface area contributed by atoms with Crippen molar-refractivity contribution in [3.8, 4) is 0 Å². The monoisotopic (exact) mass is 266 g/mol. The van der Waals surface area contributed by atoms with E-state index in [1.807, 2.05) is 30.3 Å². The maximum atomic E-state index is 11.8. The summed E-state index contributed by atoms with van der Waals surface area (Å²) < 4.78 is 0. The van der Waals surface area contributed by atoms with E-state index in [0.29, 0.717) is 13.1 Å². The fourth-order valence-electron chi connectivity index (χ4n) is 1.80. The van der Waals surface area contributed by atoms with E-state index in [0.717, 1.165) is 10.5 Å². The smallest absolute Gasteiger partial charge is 0.323 e. The Bertz CT molecular complexity index is 489. The number of hydrogen-bond acceptors (Lipinski definition) is 3. The van der Waals surface area contributed by atoms with Crippen LogP contribution in [0.3, 0.4) is 0 Å². The van der Waals surface area contributed by atoms with Gasteiger partial charge in [0.15, 0.2) is 0 Å². The zero-order valence-electron chi connectivity index (χ0n) is 9.51. The minimum atomic E-state index is -0.910. The SMILES string of the molecule is O=C1C(=O)N(C(=O)Cl)CCN1Cc1ccccc1. The van der Waals surface area contributed by atoms with Crippen LogP contribution in [0.25, 0.3) is 0 Å². The Hall–Kier alpha value is -1.88. The van der Waals surface area contributed by atoms with E-state index in [1.165, 1.54) is 4.90 Å². The molecular formula is C12H11ClN2O3. The zero-order chi connectivity index (χ0) is 13.1. The van der Waals surface area contributed by atoms with Crippen LogP contribution in [0.5, 0.6) is 0 Å². The van der Waals surface area contributed by atoms with Gasteiger partial charge in [-0.15, -0.1) is 0 Å². The van der Waals surface area contributed by atoms with Crippen LogP contribution in [0.15, 0.2) is 30.3 Å². The lowest BCUT2D eigenvalue weighted by molar-refractivity contribution is -0.153. The second-order valence-corrected chi connectivity index (χ2v) is 4.25. The second kappa shape index (κ2) is 5.18. The van der Waals surface area contributed by atoms with E-state index < -0.39 is 17.2 Å². The molecule has 1 aromatic rings. The van der Waals surface area contributed by atoms with Crippen molar-refractivity contribution in [2.75, 3.05) is 13.1 Å². The highest BCUT2D eigenvalue weighted by atomic mass is 35.5. The third-order valence-electron chi connectivity index (χ3n) is 2.74. The van der Waals surface area contributed by atoms with Crippen molar-refractivity contribution in [3.05, 3.63) is 35.9 Å². The molecule has 0 bridgehead atoms. The Morgan fingerprint density at radius 1 is 1.11 bits per heavy atom. The van der Waals surface area contributed by atoms with Crippen molar-refractivity contribution in [2.24, 2.45) is 0 Å². The van der Waals surface area contributed by atoms with E-state index in [1.54, 1.807) is 0 Å². The number of amides is 3. The van der Waals surface area contributed by atoms with Gasteiger partial charge in [0.2, 0.25) is 0 Å². The number of piperazine rings is 1. The van der Waals surface area contributed by atoms with Crippen molar-refractivity contribution in [2.45, 2.75) is 6.54 Å². The molecule has 6 heteroatoms. The molecule has 3 amide bonds. The van der Waals surface area contributed by atoms with Gasteiger partial charge >= 0.3 is 17.2 Å². The van der Waals surface area contributed by atoms with Crippen molar-refractivity contribution in [1.29, 1.82) is 0 Å². The molecule has 1 saturated heterocycles. The number of carbonyl (C=O) groups is 3. The first-order valence-electron chi connectivity index (χ1n) is 5.44. The Morgan fingerprint density at radius 3 is 2.39 bits per heavy atom. The van der Waals surface area contributed by atoms with Crippen LogP contribution in [0.1, 0.15) is 5.56 Å². The van der Waals surface area contributed by atoms with Gasteiger partial charge in [0.1, 0.15) is 0 Å². The summed E-state index contributed by atoms with van der Waals surface area (Å²) in [6, 6.07) is 9.34. The van der Waals surface area contributed by atoms with Gasteiger partial charge in [-0.2, -0.15) is 0 Å². The number of carbonyl (C=O) groups excluding carboxylic acids is 3. The topological polar surface area (TPSA) is 57.7 Å². The highest BCUT2D eigenvalue weighted by Crippen LogP contribution is 2.11. The molecule has 1 aromatic carbocycles. The number of imide groups is 1. The molecule has 0 atom stereocenters. The molecule has 94 valence electrons. The number of rotatable bonds is 2. The number of benzene rings is 1. The number of halogens is 1. The molecule has 0 unspecified atom stereocenters. The summed E-state index contributed by atoms with van der Waals surface area (Å²) in [6.07, 6.45) is 0. The van der Waals surface area contributed by atoms with Crippen LogP contribution in [0, 0.1) is 0 Å². The van der Waals surface area contributed by atoms with Gasteiger partial charge < -0.3 is 4.90 Å². The molecule has 0 spiro atoms. The first kappa shape index (κ1) is 12.6. The van der Waals surface area contributed by atoms with Crippen LogP contribution in [-0.4, -0.2) is 40.1 Å². The van der Waals surface area contributed by atoms with Gasteiger partial charge in [0, 0.05) is 19.6 Å². The summed E-state index contributed by atoms with van der Waals surface area (Å²) in [6.45, 7) is 0.799. The lowest BCUT2D eigenvalue weighted by atomic mass is 10.2. The van der Waals surface area contributed by atoms with Gasteiger partial charge in [-0.1, -0.05) is 30.3 Å². The molecule has 1 aliphatic rings. The van der Waals surface area contributed by atoms with E-state index in [2.05, 4.69) is 0 Å². The Kier molecular flexibility index (Phi) is 3.62. The van der Waals surface area contributed by atoms with Crippen molar-refractivity contribution in [3.63, 3.8) is 0 Å². The molecule has 0 aliphatic carbocycles. The zero-order valence-corrected chi connectivity index (χ0v) is 10.3. The summed E-state index contributed by atoms with van der Waals surface area (Å²) in [5.41, 5.74) is 0.935. The molecular weight excluding hydrogens is 256 g/mol. The maximum Gasteiger partial charge on any atom is 0.323 e. The summed E-state index contributed by atoms with van der Waals surface area (Å²) in [5, 5.41) is -0.910. The third-order valence-corrected chi connectivity index (χ3v) is 2.94.